The van der Waals surface area contributed by atoms with Crippen molar-refractivity contribution in [1.29, 1.82) is 0 Å². The first kappa shape index (κ1) is 22.6. The average Bonchev–Trinajstić information content (AvgIpc) is 3.44. The lowest BCUT2D eigenvalue weighted by molar-refractivity contribution is 0.402. The quantitative estimate of drug-likeness (QED) is 0.347. The van der Waals surface area contributed by atoms with E-state index in [1.165, 1.54) is 17.2 Å². The molecule has 0 aliphatic heterocycles. The summed E-state index contributed by atoms with van der Waals surface area (Å²) in [6.07, 6.45) is 2.15. The highest BCUT2D eigenvalue weighted by Crippen LogP contribution is 2.47. The normalized spacial score (nSPS) is 15.1. The van der Waals surface area contributed by atoms with E-state index in [1.54, 1.807) is 19.2 Å². The van der Waals surface area contributed by atoms with Gasteiger partial charge in [-0.1, -0.05) is 36.4 Å². The monoisotopic (exact) mass is 496 g/mol. The first-order valence-electron chi connectivity index (χ1n) is 9.44. The maximum absolute atomic E-state index is 13.5. The molecule has 1 saturated carbocycles. The molecule has 3 rings (SSSR count). The van der Waals surface area contributed by atoms with E-state index in [9.17, 15) is 4.39 Å². The van der Waals surface area contributed by atoms with Crippen molar-refractivity contribution in [2.75, 3.05) is 27.7 Å². The van der Waals surface area contributed by atoms with Gasteiger partial charge in [-0.25, -0.2) is 4.39 Å². The molecule has 28 heavy (non-hydrogen) atoms. The number of benzene rings is 2. The van der Waals surface area contributed by atoms with Gasteiger partial charge in [0.2, 0.25) is 0 Å². The Labute approximate surface area is 184 Å². The first-order chi connectivity index (χ1) is 13.0. The first-order valence-corrected chi connectivity index (χ1v) is 9.44. The Balaban J connectivity index is 0.00000280. The minimum atomic E-state index is -0.168. The Hall–Kier alpha value is -1.67. The fraction of sp³-hybridized carbons (Fsp3) is 0.409. The Morgan fingerprint density at radius 3 is 2.32 bits per heavy atom. The third-order valence-electron chi connectivity index (χ3n) is 5.09. The SMILES string of the molecule is CN=C(NCc1ccc(CN(C)C)cc1)NCC1(c2cccc(F)c2)CC1.I. The summed E-state index contributed by atoms with van der Waals surface area (Å²) < 4.78 is 13.5. The minimum absolute atomic E-state index is 0. The van der Waals surface area contributed by atoms with Crippen molar-refractivity contribution < 1.29 is 4.39 Å². The predicted molar refractivity (Wildman–Crippen MR) is 125 cm³/mol. The second-order valence-corrected chi connectivity index (χ2v) is 7.62. The fourth-order valence-electron chi connectivity index (χ4n) is 3.32. The third-order valence-corrected chi connectivity index (χ3v) is 5.09. The van der Waals surface area contributed by atoms with E-state index in [2.05, 4.69) is 58.9 Å². The molecule has 1 aliphatic carbocycles. The van der Waals surface area contributed by atoms with E-state index in [1.807, 2.05) is 6.07 Å². The molecule has 1 aliphatic rings. The standard InChI is InChI=1S/C22H29FN4.HI/c1-24-21(25-14-17-7-9-18(10-8-17)15-27(2)3)26-16-22(11-12-22)19-5-4-6-20(23)13-19;/h4-10,13H,11-12,14-16H2,1-3H3,(H2,24,25,26);1H. The molecule has 6 heteroatoms. The van der Waals surface area contributed by atoms with Crippen molar-refractivity contribution >= 4 is 29.9 Å². The lowest BCUT2D eigenvalue weighted by atomic mass is 9.96. The molecule has 0 amide bonds. The zero-order chi connectivity index (χ0) is 19.3. The summed E-state index contributed by atoms with van der Waals surface area (Å²) in [5.74, 6) is 0.606. The predicted octanol–water partition coefficient (Wildman–Crippen LogP) is 3.90. The van der Waals surface area contributed by atoms with Crippen LogP contribution in [-0.4, -0.2) is 38.5 Å². The van der Waals surface area contributed by atoms with Crippen LogP contribution in [0.3, 0.4) is 0 Å². The molecule has 2 aromatic carbocycles. The second kappa shape index (κ2) is 10.2. The third kappa shape index (κ3) is 6.17. The molecule has 0 spiro atoms. The van der Waals surface area contributed by atoms with Gasteiger partial charge in [0.25, 0.3) is 0 Å². The van der Waals surface area contributed by atoms with Gasteiger partial charge >= 0.3 is 0 Å². The highest BCUT2D eigenvalue weighted by Gasteiger charge is 2.44. The van der Waals surface area contributed by atoms with Gasteiger partial charge in [0, 0.05) is 32.1 Å². The lowest BCUT2D eigenvalue weighted by Crippen LogP contribution is -2.40. The van der Waals surface area contributed by atoms with Crippen LogP contribution in [0.15, 0.2) is 53.5 Å². The van der Waals surface area contributed by atoms with Gasteiger partial charge in [0.1, 0.15) is 5.82 Å². The maximum Gasteiger partial charge on any atom is 0.191 e. The number of hydrogen-bond donors (Lipinski definition) is 2. The van der Waals surface area contributed by atoms with E-state index < -0.39 is 0 Å². The number of hydrogen-bond acceptors (Lipinski definition) is 2. The molecular formula is C22H30FIN4. The highest BCUT2D eigenvalue weighted by atomic mass is 127. The fourth-order valence-corrected chi connectivity index (χ4v) is 3.32. The van der Waals surface area contributed by atoms with Gasteiger partial charge in [0.05, 0.1) is 0 Å². The highest BCUT2D eigenvalue weighted by molar-refractivity contribution is 14.0. The maximum atomic E-state index is 13.5. The van der Waals surface area contributed by atoms with Crippen molar-refractivity contribution in [1.82, 2.24) is 15.5 Å². The molecular weight excluding hydrogens is 466 g/mol. The second-order valence-electron chi connectivity index (χ2n) is 7.62. The Morgan fingerprint density at radius 1 is 1.07 bits per heavy atom. The van der Waals surface area contributed by atoms with Crippen LogP contribution in [0.2, 0.25) is 0 Å². The van der Waals surface area contributed by atoms with Gasteiger partial charge in [0.15, 0.2) is 5.96 Å². The van der Waals surface area contributed by atoms with Crippen molar-refractivity contribution in [3.05, 3.63) is 71.0 Å². The van der Waals surface area contributed by atoms with Crippen molar-refractivity contribution in [3.8, 4) is 0 Å². The zero-order valence-electron chi connectivity index (χ0n) is 16.8. The van der Waals surface area contributed by atoms with Crippen molar-refractivity contribution in [2.24, 2.45) is 4.99 Å². The number of guanidine groups is 1. The van der Waals surface area contributed by atoms with E-state index in [-0.39, 0.29) is 35.2 Å². The van der Waals surface area contributed by atoms with Crippen LogP contribution in [0, 0.1) is 5.82 Å². The number of nitrogens with one attached hydrogen (secondary N) is 2. The molecule has 2 N–H and O–H groups in total. The van der Waals surface area contributed by atoms with Crippen LogP contribution in [0.5, 0.6) is 0 Å². The summed E-state index contributed by atoms with van der Waals surface area (Å²) in [4.78, 5) is 6.47. The summed E-state index contributed by atoms with van der Waals surface area (Å²) >= 11 is 0. The van der Waals surface area contributed by atoms with Crippen molar-refractivity contribution in [2.45, 2.75) is 31.3 Å². The number of aliphatic imine (C=N–C) groups is 1. The summed E-state index contributed by atoms with van der Waals surface area (Å²) in [6.45, 7) is 2.42. The molecule has 0 unspecified atom stereocenters. The summed E-state index contributed by atoms with van der Waals surface area (Å²) in [5.41, 5.74) is 3.62. The Morgan fingerprint density at radius 2 is 1.75 bits per heavy atom. The molecule has 1 fully saturated rings. The Bertz CT molecular complexity index is 785. The van der Waals surface area contributed by atoms with Gasteiger partial charge < -0.3 is 15.5 Å². The smallest absolute Gasteiger partial charge is 0.191 e. The van der Waals surface area contributed by atoms with Crippen LogP contribution in [0.25, 0.3) is 0 Å². The number of rotatable bonds is 7. The molecule has 0 atom stereocenters. The zero-order valence-corrected chi connectivity index (χ0v) is 19.2. The summed E-state index contributed by atoms with van der Waals surface area (Å²) in [6, 6.07) is 15.6. The van der Waals surface area contributed by atoms with Crippen LogP contribution in [0.1, 0.15) is 29.5 Å². The topological polar surface area (TPSA) is 39.7 Å². The molecule has 0 bridgehead atoms. The van der Waals surface area contributed by atoms with E-state index >= 15 is 0 Å². The van der Waals surface area contributed by atoms with E-state index in [4.69, 9.17) is 0 Å². The lowest BCUT2D eigenvalue weighted by Gasteiger charge is -2.19. The van der Waals surface area contributed by atoms with Gasteiger partial charge in [-0.05, 0) is 55.8 Å². The molecule has 0 aromatic heterocycles. The summed E-state index contributed by atoms with van der Waals surface area (Å²) in [7, 11) is 5.92. The van der Waals surface area contributed by atoms with Gasteiger partial charge in [-0.3, -0.25) is 4.99 Å². The van der Waals surface area contributed by atoms with Crippen LogP contribution >= 0.6 is 24.0 Å². The van der Waals surface area contributed by atoms with Crippen LogP contribution in [0.4, 0.5) is 4.39 Å². The van der Waals surface area contributed by atoms with Gasteiger partial charge in [-0.2, -0.15) is 0 Å². The van der Waals surface area contributed by atoms with Gasteiger partial charge in [-0.15, -0.1) is 24.0 Å². The molecule has 152 valence electrons. The summed E-state index contributed by atoms with van der Waals surface area (Å²) in [5, 5.41) is 6.77. The molecule has 2 aromatic rings. The molecule has 0 heterocycles. The average molecular weight is 496 g/mol. The number of nitrogens with zero attached hydrogens (tertiary/aromatic N) is 2. The largest absolute Gasteiger partial charge is 0.356 e. The molecule has 4 nitrogen and oxygen atoms in total. The van der Waals surface area contributed by atoms with Crippen molar-refractivity contribution in [3.63, 3.8) is 0 Å². The van der Waals surface area contributed by atoms with Crippen LogP contribution < -0.4 is 10.6 Å². The molecule has 0 saturated heterocycles. The molecule has 0 radical (unpaired) electrons. The van der Waals surface area contributed by atoms with E-state index in [0.29, 0.717) is 0 Å². The Kier molecular flexibility index (Phi) is 8.24. The van der Waals surface area contributed by atoms with E-state index in [0.717, 1.165) is 44.0 Å². The van der Waals surface area contributed by atoms with Crippen LogP contribution in [-0.2, 0) is 18.5 Å². The minimum Gasteiger partial charge on any atom is -0.356 e. The number of halogens is 2.